The van der Waals surface area contributed by atoms with Gasteiger partial charge in [0, 0.05) is 17.4 Å². The molecule has 1 heterocycles. The molecule has 0 aromatic heterocycles. The molecule has 4 heteroatoms. The Morgan fingerprint density at radius 1 is 0.606 bits per heavy atom. The first-order valence-corrected chi connectivity index (χ1v) is 11.3. The Balaban J connectivity index is 1.33. The molecule has 1 saturated heterocycles. The lowest BCUT2D eigenvalue weighted by Gasteiger charge is -2.45. The van der Waals surface area contributed by atoms with Crippen LogP contribution in [0.3, 0.4) is 0 Å². The van der Waals surface area contributed by atoms with Crippen LogP contribution in [0, 0.1) is 11.8 Å². The van der Waals surface area contributed by atoms with Crippen LogP contribution < -0.4 is 0 Å². The Labute approximate surface area is 191 Å². The highest BCUT2D eigenvalue weighted by Gasteiger charge is 2.61. The summed E-state index contributed by atoms with van der Waals surface area (Å²) in [6, 6.07) is 30.5. The predicted molar refractivity (Wildman–Crippen MR) is 127 cm³/mol. The number of benzene rings is 4. The van der Waals surface area contributed by atoms with Crippen LogP contribution in [0.1, 0.15) is 39.7 Å². The van der Waals surface area contributed by atoms with Crippen LogP contribution in [0.25, 0.3) is 10.8 Å². The van der Waals surface area contributed by atoms with Gasteiger partial charge < -0.3 is 0 Å². The number of rotatable bonds is 2. The van der Waals surface area contributed by atoms with E-state index in [1.165, 1.54) is 22.3 Å². The van der Waals surface area contributed by atoms with Crippen LogP contribution in [-0.4, -0.2) is 23.0 Å². The number of carbonyl (C=O) groups excluding carboxylic acids is 2. The van der Waals surface area contributed by atoms with Gasteiger partial charge in [-0.15, -0.1) is 0 Å². The molecule has 2 amide bonds. The standard InChI is InChI=1S/C29H20N2O2/c32-28-26-24-20-12-3-4-13-21(20)25(23-15-6-5-14-22(23)24)27(26)29(33)31(28)30-16-18-10-7-9-17-8-1-2-11-19(17)18/h1-16,24-27H/b30-16-/t24?,25?,26-,27-/m0/s1. The van der Waals surface area contributed by atoms with Crippen LogP contribution in [-0.2, 0) is 9.59 Å². The molecular weight excluding hydrogens is 408 g/mol. The molecule has 4 aromatic rings. The lowest BCUT2D eigenvalue weighted by Crippen LogP contribution is -2.41. The third-order valence-corrected chi connectivity index (χ3v) is 7.56. The van der Waals surface area contributed by atoms with Crippen LogP contribution in [0.2, 0.25) is 0 Å². The minimum atomic E-state index is -0.406. The molecule has 0 spiro atoms. The number of amides is 2. The zero-order chi connectivity index (χ0) is 22.1. The van der Waals surface area contributed by atoms with E-state index in [0.717, 1.165) is 21.3 Å². The third-order valence-electron chi connectivity index (χ3n) is 7.56. The highest BCUT2D eigenvalue weighted by atomic mass is 16.2. The lowest BCUT2D eigenvalue weighted by molar-refractivity contribution is -0.139. The molecule has 0 saturated carbocycles. The molecule has 3 aliphatic carbocycles. The SMILES string of the molecule is O=C1[C@H]2C3c4ccccc4C(c4ccccc43)[C@@H]2C(=O)N1/N=C\c1cccc2ccccc12. The van der Waals surface area contributed by atoms with Crippen LogP contribution in [0.5, 0.6) is 0 Å². The summed E-state index contributed by atoms with van der Waals surface area (Å²) in [6.07, 6.45) is 1.65. The summed E-state index contributed by atoms with van der Waals surface area (Å²) in [5.74, 6) is -1.42. The fourth-order valence-electron chi connectivity index (χ4n) is 6.26. The van der Waals surface area contributed by atoms with Crippen molar-refractivity contribution >= 4 is 28.8 Å². The molecule has 0 radical (unpaired) electrons. The Morgan fingerprint density at radius 2 is 1.09 bits per heavy atom. The summed E-state index contributed by atoms with van der Waals surface area (Å²) in [7, 11) is 0. The minimum absolute atomic E-state index is 0.110. The van der Waals surface area contributed by atoms with Crippen molar-refractivity contribution in [1.82, 2.24) is 5.01 Å². The zero-order valence-corrected chi connectivity index (χ0v) is 17.8. The quantitative estimate of drug-likeness (QED) is 0.331. The van der Waals surface area contributed by atoms with E-state index in [9.17, 15) is 9.59 Å². The van der Waals surface area contributed by atoms with Gasteiger partial charge in [0.1, 0.15) is 0 Å². The highest BCUT2D eigenvalue weighted by Crippen LogP contribution is 2.60. The molecular formula is C29H20N2O2. The molecule has 4 nitrogen and oxygen atoms in total. The molecule has 4 aliphatic rings. The molecule has 2 bridgehead atoms. The van der Waals surface area contributed by atoms with Gasteiger partial charge in [-0.3, -0.25) is 9.59 Å². The molecule has 8 rings (SSSR count). The fraction of sp³-hybridized carbons (Fsp3) is 0.138. The van der Waals surface area contributed by atoms with Gasteiger partial charge in [-0.1, -0.05) is 91.0 Å². The van der Waals surface area contributed by atoms with Crippen molar-refractivity contribution < 1.29 is 9.59 Å². The van der Waals surface area contributed by atoms with E-state index in [-0.39, 0.29) is 23.7 Å². The summed E-state index contributed by atoms with van der Waals surface area (Å²) in [5.41, 5.74) is 5.57. The van der Waals surface area contributed by atoms with Crippen molar-refractivity contribution in [1.29, 1.82) is 0 Å². The number of nitrogens with zero attached hydrogens (tertiary/aromatic N) is 2. The first-order chi connectivity index (χ1) is 16.2. The topological polar surface area (TPSA) is 49.7 Å². The summed E-state index contributed by atoms with van der Waals surface area (Å²) < 4.78 is 0. The van der Waals surface area contributed by atoms with E-state index in [1.54, 1.807) is 6.21 Å². The summed E-state index contributed by atoms with van der Waals surface area (Å²) in [5, 5.41) is 7.73. The van der Waals surface area contributed by atoms with Crippen molar-refractivity contribution in [3.63, 3.8) is 0 Å². The molecule has 0 unspecified atom stereocenters. The minimum Gasteiger partial charge on any atom is -0.272 e. The number of imide groups is 1. The number of fused-ring (bicyclic) bond motifs is 1. The van der Waals surface area contributed by atoms with Crippen LogP contribution in [0.4, 0.5) is 0 Å². The first-order valence-electron chi connectivity index (χ1n) is 11.3. The number of hydrazone groups is 1. The van der Waals surface area contributed by atoms with E-state index in [4.69, 9.17) is 0 Å². The van der Waals surface area contributed by atoms with Gasteiger partial charge in [0.05, 0.1) is 18.1 Å². The Bertz CT molecular complexity index is 1380. The predicted octanol–water partition coefficient (Wildman–Crippen LogP) is 5.07. The van der Waals surface area contributed by atoms with Gasteiger partial charge in [-0.25, -0.2) is 0 Å². The smallest absolute Gasteiger partial charge is 0.254 e. The normalized spacial score (nSPS) is 24.9. The second-order valence-corrected chi connectivity index (χ2v) is 9.07. The van der Waals surface area contributed by atoms with Crippen molar-refractivity contribution in [3.05, 3.63) is 119 Å². The molecule has 4 aromatic carbocycles. The molecule has 1 aliphatic heterocycles. The largest absolute Gasteiger partial charge is 0.272 e. The molecule has 158 valence electrons. The van der Waals surface area contributed by atoms with Gasteiger partial charge in [0.2, 0.25) is 0 Å². The second kappa shape index (κ2) is 6.72. The lowest BCUT2D eigenvalue weighted by atomic mass is 9.55. The molecule has 0 N–H and O–H groups in total. The summed E-state index contributed by atoms with van der Waals surface area (Å²) in [6.45, 7) is 0. The summed E-state index contributed by atoms with van der Waals surface area (Å²) >= 11 is 0. The Kier molecular flexibility index (Phi) is 3.77. The Morgan fingerprint density at radius 3 is 1.67 bits per heavy atom. The van der Waals surface area contributed by atoms with Gasteiger partial charge in [0.25, 0.3) is 11.8 Å². The zero-order valence-electron chi connectivity index (χ0n) is 17.8. The van der Waals surface area contributed by atoms with Crippen molar-refractivity contribution in [2.24, 2.45) is 16.9 Å². The number of hydrogen-bond donors (Lipinski definition) is 0. The van der Waals surface area contributed by atoms with E-state index in [0.29, 0.717) is 0 Å². The van der Waals surface area contributed by atoms with Crippen molar-refractivity contribution in [3.8, 4) is 0 Å². The Hall–Kier alpha value is -4.05. The average Bonchev–Trinajstić information content (AvgIpc) is 3.12. The van der Waals surface area contributed by atoms with Crippen LogP contribution >= 0.6 is 0 Å². The van der Waals surface area contributed by atoms with Gasteiger partial charge in [0.15, 0.2) is 0 Å². The van der Waals surface area contributed by atoms with Gasteiger partial charge >= 0.3 is 0 Å². The van der Waals surface area contributed by atoms with E-state index in [1.807, 2.05) is 66.7 Å². The van der Waals surface area contributed by atoms with E-state index >= 15 is 0 Å². The fourth-order valence-corrected chi connectivity index (χ4v) is 6.26. The van der Waals surface area contributed by atoms with Crippen molar-refractivity contribution in [2.75, 3.05) is 0 Å². The van der Waals surface area contributed by atoms with Crippen LogP contribution in [0.15, 0.2) is 96.1 Å². The maximum atomic E-state index is 13.6. The highest BCUT2D eigenvalue weighted by molar-refractivity contribution is 6.08. The summed E-state index contributed by atoms with van der Waals surface area (Å²) in [4.78, 5) is 27.3. The van der Waals surface area contributed by atoms with Crippen molar-refractivity contribution in [2.45, 2.75) is 11.8 Å². The van der Waals surface area contributed by atoms with Gasteiger partial charge in [-0.05, 0) is 33.0 Å². The third kappa shape index (κ3) is 2.43. The monoisotopic (exact) mass is 428 g/mol. The molecule has 33 heavy (non-hydrogen) atoms. The first kappa shape index (κ1) is 18.5. The maximum absolute atomic E-state index is 13.6. The average molecular weight is 428 g/mol. The van der Waals surface area contributed by atoms with E-state index in [2.05, 4.69) is 29.4 Å². The number of hydrogen-bond acceptors (Lipinski definition) is 3. The maximum Gasteiger partial charge on any atom is 0.254 e. The second-order valence-electron chi connectivity index (χ2n) is 9.07. The van der Waals surface area contributed by atoms with E-state index < -0.39 is 11.8 Å². The molecule has 1 fully saturated rings. The van der Waals surface area contributed by atoms with Gasteiger partial charge in [-0.2, -0.15) is 10.1 Å². The molecule has 2 atom stereocenters. The number of carbonyl (C=O) groups is 2.